The minimum Gasteiger partial charge on any atom is -0.508 e. The zero-order chi connectivity index (χ0) is 35.5. The van der Waals surface area contributed by atoms with E-state index in [9.17, 15) is 10.2 Å². The number of hydrogen-bond acceptors (Lipinski definition) is 5. The quantitative estimate of drug-likeness (QED) is 0.111. The molecule has 2 atom stereocenters. The topological polar surface area (TPSA) is 56.2 Å². The Morgan fingerprint density at radius 3 is 1.16 bits per heavy atom. The molecule has 0 aromatic heterocycles. The van der Waals surface area contributed by atoms with Gasteiger partial charge in [-0.2, -0.15) is 0 Å². The lowest BCUT2D eigenvalue weighted by atomic mass is 9.86. The largest absolute Gasteiger partial charge is 0.508 e. The van der Waals surface area contributed by atoms with Crippen LogP contribution in [0.4, 0.5) is 0 Å². The first-order valence-corrected chi connectivity index (χ1v) is 18.3. The third kappa shape index (κ3) is 10.7. The number of rotatable bonds is 18. The Morgan fingerprint density at radius 1 is 0.490 bits per heavy atom. The molecule has 5 nitrogen and oxygen atoms in total. The van der Waals surface area contributed by atoms with Crippen LogP contribution in [-0.2, 0) is 18.0 Å². The van der Waals surface area contributed by atoms with E-state index in [-0.39, 0.29) is 11.8 Å². The fourth-order valence-electron chi connectivity index (χ4n) is 7.39. The second-order valence-electron chi connectivity index (χ2n) is 14.6. The number of benzene rings is 4. The zero-order valence-corrected chi connectivity index (χ0v) is 31.1. The summed E-state index contributed by atoms with van der Waals surface area (Å²) in [5.74, 6) is 0.778. The van der Waals surface area contributed by atoms with E-state index in [0.717, 1.165) is 48.2 Å². The predicted molar refractivity (Wildman–Crippen MR) is 204 cm³/mol. The van der Waals surface area contributed by atoms with Gasteiger partial charge in [0.15, 0.2) is 0 Å². The molecular formula is C44H60N2O3. The molecule has 1 unspecified atom stereocenters. The molecule has 0 saturated carbocycles. The van der Waals surface area contributed by atoms with Gasteiger partial charge in [0.25, 0.3) is 0 Å². The Kier molecular flexibility index (Phi) is 14.3. The standard InChI is InChI=1S/C44H60N2O3/c1-31(2)45(32(3)4)25-23-39(37-15-11-9-12-16-37)41-27-35(19-21-43(41)47)29-49-30-36-20-22-44(48)42(28-36)40(38-17-13-10-14-18-38)24-26-46(33(5)6)34(7)8/h9-22,27-28,31-34,39-40,47-48H,23-26,29-30H2,1-8H3/t39-,40?/m0/s1. The fourth-order valence-corrected chi connectivity index (χ4v) is 7.39. The van der Waals surface area contributed by atoms with E-state index in [4.69, 9.17) is 4.74 Å². The summed E-state index contributed by atoms with van der Waals surface area (Å²) in [4.78, 5) is 5.03. The first-order chi connectivity index (χ1) is 23.5. The van der Waals surface area contributed by atoms with Crippen LogP contribution in [0.1, 0.15) is 113 Å². The number of phenols is 2. The SMILES string of the molecule is CC(C)N(CCC(c1ccccc1)c1cc(COCc2ccc(O)c([C@@H](CCN(C(C)C)C(C)C)c3ccccc3)c2)ccc1O)C(C)C. The van der Waals surface area contributed by atoms with E-state index < -0.39 is 0 Å². The Morgan fingerprint density at radius 2 is 0.837 bits per heavy atom. The van der Waals surface area contributed by atoms with Crippen LogP contribution in [0.15, 0.2) is 97.1 Å². The Balaban J connectivity index is 1.52. The number of phenolic OH excluding ortho intramolecular Hbond substituents is 2. The first-order valence-electron chi connectivity index (χ1n) is 18.3. The Bertz CT molecular complexity index is 1420. The van der Waals surface area contributed by atoms with Gasteiger partial charge in [0.2, 0.25) is 0 Å². The van der Waals surface area contributed by atoms with E-state index in [2.05, 4.69) is 126 Å². The van der Waals surface area contributed by atoms with Gasteiger partial charge in [-0.1, -0.05) is 72.8 Å². The van der Waals surface area contributed by atoms with Gasteiger partial charge in [0.1, 0.15) is 11.5 Å². The summed E-state index contributed by atoms with van der Waals surface area (Å²) >= 11 is 0. The zero-order valence-electron chi connectivity index (χ0n) is 31.1. The third-order valence-corrected chi connectivity index (χ3v) is 9.88. The third-order valence-electron chi connectivity index (χ3n) is 9.88. The molecule has 0 fully saturated rings. The summed E-state index contributed by atoms with van der Waals surface area (Å²) in [5.41, 5.74) is 6.35. The molecule has 0 radical (unpaired) electrons. The van der Waals surface area contributed by atoms with E-state index in [1.807, 2.05) is 36.4 Å². The molecule has 5 heteroatoms. The molecule has 0 saturated heterocycles. The van der Waals surface area contributed by atoms with E-state index >= 15 is 0 Å². The Labute approximate surface area is 296 Å². The molecule has 0 heterocycles. The second kappa shape index (κ2) is 18.4. The van der Waals surface area contributed by atoms with Crippen LogP contribution in [0.2, 0.25) is 0 Å². The molecule has 0 aliphatic rings. The van der Waals surface area contributed by atoms with Crippen LogP contribution in [0.5, 0.6) is 11.5 Å². The average molecular weight is 665 g/mol. The summed E-state index contributed by atoms with van der Waals surface area (Å²) in [6, 6.07) is 34.6. The molecule has 4 aromatic carbocycles. The van der Waals surface area contributed by atoms with Gasteiger partial charge in [-0.05, 0) is 128 Å². The molecular weight excluding hydrogens is 604 g/mol. The van der Waals surface area contributed by atoms with Crippen molar-refractivity contribution in [1.82, 2.24) is 9.80 Å². The lowest BCUT2D eigenvalue weighted by Crippen LogP contribution is -2.38. The summed E-state index contributed by atoms with van der Waals surface area (Å²) < 4.78 is 6.31. The van der Waals surface area contributed by atoms with E-state index in [1.165, 1.54) is 11.1 Å². The maximum atomic E-state index is 11.1. The van der Waals surface area contributed by atoms with Crippen LogP contribution in [-0.4, -0.2) is 57.3 Å². The maximum Gasteiger partial charge on any atom is 0.119 e. The maximum absolute atomic E-state index is 11.1. The van der Waals surface area contributed by atoms with Crippen molar-refractivity contribution >= 4 is 0 Å². The van der Waals surface area contributed by atoms with Crippen molar-refractivity contribution in [3.8, 4) is 11.5 Å². The van der Waals surface area contributed by atoms with Crippen LogP contribution < -0.4 is 0 Å². The smallest absolute Gasteiger partial charge is 0.119 e. The van der Waals surface area contributed by atoms with Gasteiger partial charge in [0, 0.05) is 47.1 Å². The van der Waals surface area contributed by atoms with Crippen molar-refractivity contribution in [2.24, 2.45) is 0 Å². The van der Waals surface area contributed by atoms with Crippen LogP contribution in [0.3, 0.4) is 0 Å². The van der Waals surface area contributed by atoms with Crippen molar-refractivity contribution in [3.63, 3.8) is 0 Å². The molecule has 0 aliphatic heterocycles. The van der Waals surface area contributed by atoms with Gasteiger partial charge >= 0.3 is 0 Å². The summed E-state index contributed by atoms with van der Waals surface area (Å²) in [6.07, 6.45) is 1.81. The monoisotopic (exact) mass is 664 g/mol. The highest BCUT2D eigenvalue weighted by atomic mass is 16.5. The molecule has 0 aliphatic carbocycles. The van der Waals surface area contributed by atoms with Crippen LogP contribution in [0, 0.1) is 0 Å². The predicted octanol–water partition coefficient (Wildman–Crippen LogP) is 10.1. The molecule has 4 aromatic rings. The molecule has 0 spiro atoms. The van der Waals surface area contributed by atoms with Gasteiger partial charge in [-0.25, -0.2) is 0 Å². The molecule has 264 valence electrons. The summed E-state index contributed by atoms with van der Waals surface area (Å²) in [7, 11) is 0. The van der Waals surface area contributed by atoms with Gasteiger partial charge in [-0.3, -0.25) is 9.80 Å². The highest BCUT2D eigenvalue weighted by Crippen LogP contribution is 2.37. The molecule has 2 N–H and O–H groups in total. The van der Waals surface area contributed by atoms with Crippen molar-refractivity contribution in [3.05, 3.63) is 130 Å². The van der Waals surface area contributed by atoms with Crippen molar-refractivity contribution < 1.29 is 14.9 Å². The second-order valence-corrected chi connectivity index (χ2v) is 14.6. The molecule has 0 bridgehead atoms. The lowest BCUT2D eigenvalue weighted by Gasteiger charge is -2.32. The number of aromatic hydroxyl groups is 2. The highest BCUT2D eigenvalue weighted by Gasteiger charge is 2.23. The molecule has 4 rings (SSSR count). The summed E-state index contributed by atoms with van der Waals surface area (Å²) in [5, 5.41) is 22.2. The van der Waals surface area contributed by atoms with Gasteiger partial charge in [0.05, 0.1) is 13.2 Å². The number of ether oxygens (including phenoxy) is 1. The van der Waals surface area contributed by atoms with Crippen molar-refractivity contribution in [1.29, 1.82) is 0 Å². The molecule has 49 heavy (non-hydrogen) atoms. The Hall–Kier alpha value is -3.64. The first kappa shape index (κ1) is 38.2. The number of hydrogen-bond donors (Lipinski definition) is 2. The van der Waals surface area contributed by atoms with Gasteiger partial charge < -0.3 is 14.9 Å². The van der Waals surface area contributed by atoms with Crippen molar-refractivity contribution in [2.45, 2.75) is 117 Å². The lowest BCUT2D eigenvalue weighted by molar-refractivity contribution is 0.107. The van der Waals surface area contributed by atoms with Crippen molar-refractivity contribution in [2.75, 3.05) is 13.1 Å². The normalized spacial score (nSPS) is 13.3. The van der Waals surface area contributed by atoms with Crippen LogP contribution >= 0.6 is 0 Å². The molecule has 0 amide bonds. The van der Waals surface area contributed by atoms with Gasteiger partial charge in [-0.15, -0.1) is 0 Å². The van der Waals surface area contributed by atoms with Crippen LogP contribution in [0.25, 0.3) is 0 Å². The fraction of sp³-hybridized carbons (Fsp3) is 0.455. The minimum atomic E-state index is 0.0676. The average Bonchev–Trinajstić information content (AvgIpc) is 3.07. The highest BCUT2D eigenvalue weighted by molar-refractivity contribution is 5.45. The number of nitrogens with zero attached hydrogens (tertiary/aromatic N) is 2. The summed E-state index contributed by atoms with van der Waals surface area (Å²) in [6.45, 7) is 20.7. The van der Waals surface area contributed by atoms with E-state index in [1.54, 1.807) is 0 Å². The minimum absolute atomic E-state index is 0.0676. The van der Waals surface area contributed by atoms with E-state index in [0.29, 0.717) is 48.9 Å².